The van der Waals surface area contributed by atoms with Gasteiger partial charge in [-0.2, -0.15) is 0 Å². The number of halogens is 1. The molecule has 0 radical (unpaired) electrons. The Kier molecular flexibility index (Phi) is 3.36. The van der Waals surface area contributed by atoms with Crippen LogP contribution in [0.5, 0.6) is 0 Å². The van der Waals surface area contributed by atoms with E-state index in [0.29, 0.717) is 23.8 Å². The van der Waals surface area contributed by atoms with Crippen molar-refractivity contribution in [3.8, 4) is 0 Å². The molecule has 4 nitrogen and oxygen atoms in total. The van der Waals surface area contributed by atoms with Gasteiger partial charge in [-0.15, -0.1) is 0 Å². The zero-order chi connectivity index (χ0) is 13.2. The fraction of sp³-hybridized carbons (Fsp3) is 0.286. The van der Waals surface area contributed by atoms with Gasteiger partial charge in [0.05, 0.1) is 11.3 Å². The van der Waals surface area contributed by atoms with E-state index in [1.807, 2.05) is 24.3 Å². The lowest BCUT2D eigenvalue weighted by atomic mass is 10.1. The number of H-pyrrole nitrogens is 1. The lowest BCUT2D eigenvalue weighted by Crippen LogP contribution is -2.32. The van der Waals surface area contributed by atoms with Gasteiger partial charge in [-0.25, -0.2) is 4.98 Å². The van der Waals surface area contributed by atoms with Crippen molar-refractivity contribution in [2.75, 3.05) is 6.54 Å². The number of hydrogen-bond acceptors (Lipinski definition) is 3. The molecule has 1 aliphatic heterocycles. The minimum Gasteiger partial charge on any atom is -0.312 e. The van der Waals surface area contributed by atoms with Crippen LogP contribution in [0.1, 0.15) is 22.6 Å². The van der Waals surface area contributed by atoms with Gasteiger partial charge in [-0.3, -0.25) is 4.79 Å². The first kappa shape index (κ1) is 12.4. The zero-order valence-corrected chi connectivity index (χ0v) is 11.1. The summed E-state index contributed by atoms with van der Waals surface area (Å²) in [7, 11) is 0. The second kappa shape index (κ2) is 5.15. The lowest BCUT2D eigenvalue weighted by Gasteiger charge is -2.15. The number of aromatic nitrogens is 2. The standard InChI is InChI=1S/C14H14ClN3O/c15-10-3-1-9(2-4-10)7-13-17-12-5-6-16-8-11(12)14(19)18-13/h1-4,16H,5-8H2,(H,17,18,19). The number of nitrogens with one attached hydrogen (secondary N) is 2. The highest BCUT2D eigenvalue weighted by Gasteiger charge is 2.15. The number of nitrogens with zero attached hydrogens (tertiary/aromatic N) is 1. The normalized spacial score (nSPS) is 14.2. The largest absolute Gasteiger partial charge is 0.312 e. The molecular formula is C14H14ClN3O. The molecule has 1 aromatic heterocycles. The van der Waals surface area contributed by atoms with Crippen LogP contribution in [0.15, 0.2) is 29.1 Å². The van der Waals surface area contributed by atoms with Crippen LogP contribution in [0.2, 0.25) is 5.02 Å². The molecule has 0 saturated carbocycles. The van der Waals surface area contributed by atoms with E-state index in [1.54, 1.807) is 0 Å². The van der Waals surface area contributed by atoms with E-state index < -0.39 is 0 Å². The van der Waals surface area contributed by atoms with Crippen LogP contribution in [0.3, 0.4) is 0 Å². The van der Waals surface area contributed by atoms with Crippen molar-refractivity contribution in [3.63, 3.8) is 0 Å². The Morgan fingerprint density at radius 1 is 1.26 bits per heavy atom. The van der Waals surface area contributed by atoms with Crippen molar-refractivity contribution in [1.29, 1.82) is 0 Å². The average molecular weight is 276 g/mol. The van der Waals surface area contributed by atoms with Crippen molar-refractivity contribution in [1.82, 2.24) is 15.3 Å². The van der Waals surface area contributed by atoms with Gasteiger partial charge >= 0.3 is 0 Å². The Balaban J connectivity index is 1.91. The summed E-state index contributed by atoms with van der Waals surface area (Å²) in [5.41, 5.74) is 2.75. The van der Waals surface area contributed by atoms with Gasteiger partial charge in [-0.05, 0) is 17.7 Å². The van der Waals surface area contributed by atoms with Gasteiger partial charge in [0.2, 0.25) is 0 Å². The summed E-state index contributed by atoms with van der Waals surface area (Å²) in [6.07, 6.45) is 1.43. The monoisotopic (exact) mass is 275 g/mol. The van der Waals surface area contributed by atoms with Crippen molar-refractivity contribution < 1.29 is 0 Å². The van der Waals surface area contributed by atoms with E-state index in [2.05, 4.69) is 15.3 Å². The third kappa shape index (κ3) is 2.69. The van der Waals surface area contributed by atoms with E-state index in [-0.39, 0.29) is 5.56 Å². The molecule has 1 aromatic carbocycles. The Bertz CT molecular complexity index is 649. The van der Waals surface area contributed by atoms with Crippen molar-refractivity contribution >= 4 is 11.6 Å². The summed E-state index contributed by atoms with van der Waals surface area (Å²) in [6.45, 7) is 1.49. The highest BCUT2D eigenvalue weighted by molar-refractivity contribution is 6.30. The third-order valence-corrected chi connectivity index (χ3v) is 3.53. The molecule has 0 atom stereocenters. The van der Waals surface area contributed by atoms with Crippen molar-refractivity contribution in [2.24, 2.45) is 0 Å². The summed E-state index contributed by atoms with van der Waals surface area (Å²) in [5, 5.41) is 3.89. The Hall–Kier alpha value is -1.65. The Morgan fingerprint density at radius 3 is 2.84 bits per heavy atom. The molecule has 0 spiro atoms. The van der Waals surface area contributed by atoms with Gasteiger partial charge in [0, 0.05) is 31.0 Å². The van der Waals surface area contributed by atoms with Crippen molar-refractivity contribution in [3.05, 3.63) is 62.3 Å². The second-order valence-corrected chi connectivity index (χ2v) is 5.10. The quantitative estimate of drug-likeness (QED) is 0.876. The first-order valence-corrected chi connectivity index (χ1v) is 6.66. The number of aromatic amines is 1. The summed E-state index contributed by atoms with van der Waals surface area (Å²) in [6, 6.07) is 7.58. The number of benzene rings is 1. The minimum absolute atomic E-state index is 0.0267. The second-order valence-electron chi connectivity index (χ2n) is 4.67. The molecular weight excluding hydrogens is 262 g/mol. The third-order valence-electron chi connectivity index (χ3n) is 3.28. The van der Waals surface area contributed by atoms with Gasteiger partial charge in [0.15, 0.2) is 0 Å². The molecule has 1 aliphatic rings. The first-order valence-electron chi connectivity index (χ1n) is 6.28. The smallest absolute Gasteiger partial charge is 0.255 e. The first-order chi connectivity index (χ1) is 9.22. The molecule has 0 saturated heterocycles. The molecule has 5 heteroatoms. The molecule has 19 heavy (non-hydrogen) atoms. The van der Waals surface area contributed by atoms with Crippen LogP contribution in [-0.4, -0.2) is 16.5 Å². The predicted molar refractivity (Wildman–Crippen MR) is 74.5 cm³/mol. The molecule has 0 fully saturated rings. The fourth-order valence-electron chi connectivity index (χ4n) is 2.28. The summed E-state index contributed by atoms with van der Waals surface area (Å²) < 4.78 is 0. The zero-order valence-electron chi connectivity index (χ0n) is 10.4. The highest BCUT2D eigenvalue weighted by atomic mass is 35.5. The summed E-state index contributed by atoms with van der Waals surface area (Å²) in [4.78, 5) is 19.4. The number of hydrogen-bond donors (Lipinski definition) is 2. The van der Waals surface area contributed by atoms with E-state index in [0.717, 1.165) is 29.8 Å². The number of fused-ring (bicyclic) bond motifs is 1. The van der Waals surface area contributed by atoms with Crippen LogP contribution < -0.4 is 10.9 Å². The molecule has 0 bridgehead atoms. The van der Waals surface area contributed by atoms with E-state index in [4.69, 9.17) is 11.6 Å². The van der Waals surface area contributed by atoms with Crippen LogP contribution >= 0.6 is 11.6 Å². The molecule has 2 N–H and O–H groups in total. The molecule has 98 valence electrons. The maximum absolute atomic E-state index is 12.0. The van der Waals surface area contributed by atoms with Gasteiger partial charge in [-0.1, -0.05) is 23.7 Å². The maximum Gasteiger partial charge on any atom is 0.255 e. The van der Waals surface area contributed by atoms with Gasteiger partial charge in [0.1, 0.15) is 5.82 Å². The van der Waals surface area contributed by atoms with Gasteiger partial charge < -0.3 is 10.3 Å². The maximum atomic E-state index is 12.0. The van der Waals surface area contributed by atoms with E-state index >= 15 is 0 Å². The van der Waals surface area contributed by atoms with E-state index in [1.165, 1.54) is 0 Å². The molecule has 0 unspecified atom stereocenters. The Morgan fingerprint density at radius 2 is 2.05 bits per heavy atom. The van der Waals surface area contributed by atoms with Crippen LogP contribution in [0, 0.1) is 0 Å². The average Bonchev–Trinajstić information content (AvgIpc) is 2.42. The van der Waals surface area contributed by atoms with Crippen LogP contribution in [0.4, 0.5) is 0 Å². The topological polar surface area (TPSA) is 57.8 Å². The van der Waals surface area contributed by atoms with Crippen LogP contribution in [-0.2, 0) is 19.4 Å². The number of rotatable bonds is 2. The summed E-state index contributed by atoms with van der Waals surface area (Å²) in [5.74, 6) is 0.716. The molecule has 2 aromatic rings. The molecule has 3 rings (SSSR count). The molecule has 0 amide bonds. The highest BCUT2D eigenvalue weighted by Crippen LogP contribution is 2.13. The SMILES string of the molecule is O=c1[nH]c(Cc2ccc(Cl)cc2)nc2c1CNCC2. The van der Waals surface area contributed by atoms with Gasteiger partial charge in [0.25, 0.3) is 5.56 Å². The summed E-state index contributed by atoms with van der Waals surface area (Å²) >= 11 is 5.85. The van der Waals surface area contributed by atoms with Crippen molar-refractivity contribution in [2.45, 2.75) is 19.4 Å². The minimum atomic E-state index is -0.0267. The van der Waals surface area contributed by atoms with Crippen LogP contribution in [0.25, 0.3) is 0 Å². The molecule has 2 heterocycles. The predicted octanol–water partition coefficient (Wildman–Crippen LogP) is 1.66. The Labute approximate surface area is 115 Å². The molecule has 0 aliphatic carbocycles. The fourth-order valence-corrected chi connectivity index (χ4v) is 2.41. The lowest BCUT2D eigenvalue weighted by molar-refractivity contribution is 0.615. The van der Waals surface area contributed by atoms with E-state index in [9.17, 15) is 4.79 Å².